The van der Waals surface area contributed by atoms with Crippen LogP contribution in [0.1, 0.15) is 54.2 Å². The summed E-state index contributed by atoms with van der Waals surface area (Å²) in [6.07, 6.45) is 1.62. The van der Waals surface area contributed by atoms with Crippen LogP contribution in [0.4, 0.5) is 14.9 Å². The summed E-state index contributed by atoms with van der Waals surface area (Å²) in [5, 5.41) is 5.66. The van der Waals surface area contributed by atoms with Gasteiger partial charge in [-0.1, -0.05) is 67.9 Å². The molecule has 7 nitrogen and oxygen atoms in total. The molecule has 0 unspecified atom stereocenters. The van der Waals surface area contributed by atoms with Crippen LogP contribution in [0.3, 0.4) is 0 Å². The number of amides is 3. The van der Waals surface area contributed by atoms with Crippen molar-refractivity contribution in [3.05, 3.63) is 107 Å². The Morgan fingerprint density at radius 1 is 1.00 bits per heavy atom. The number of hydrogen-bond acceptors (Lipinski definition) is 4. The summed E-state index contributed by atoms with van der Waals surface area (Å²) in [5.74, 6) is -1.78. The predicted octanol–water partition coefficient (Wildman–Crippen LogP) is 5.92. The molecule has 1 aliphatic heterocycles. The number of nitrogens with one attached hydrogen (secondary N) is 2. The molecule has 38 heavy (non-hydrogen) atoms. The molecule has 0 saturated heterocycles. The number of benzene rings is 3. The lowest BCUT2D eigenvalue weighted by Crippen LogP contribution is -2.48. The van der Waals surface area contributed by atoms with Gasteiger partial charge in [0.2, 0.25) is 0 Å². The molecule has 196 valence electrons. The number of nitrogens with zero attached hydrogens (tertiary/aromatic N) is 1. The van der Waals surface area contributed by atoms with Crippen molar-refractivity contribution in [1.29, 1.82) is 0 Å². The van der Waals surface area contributed by atoms with E-state index in [1.165, 1.54) is 18.2 Å². The molecule has 0 aromatic heterocycles. The van der Waals surface area contributed by atoms with Crippen molar-refractivity contribution in [2.24, 2.45) is 0 Å². The third-order valence-corrected chi connectivity index (χ3v) is 6.20. The highest BCUT2D eigenvalue weighted by Gasteiger charge is 2.38. The van der Waals surface area contributed by atoms with Crippen LogP contribution in [-0.2, 0) is 9.53 Å². The van der Waals surface area contributed by atoms with Crippen LogP contribution in [0.25, 0.3) is 5.70 Å². The van der Waals surface area contributed by atoms with Gasteiger partial charge in [-0.2, -0.15) is 0 Å². The molecule has 0 saturated carbocycles. The quantitative estimate of drug-likeness (QED) is 0.347. The van der Waals surface area contributed by atoms with Crippen LogP contribution in [0, 0.1) is 5.82 Å². The van der Waals surface area contributed by atoms with Gasteiger partial charge in [-0.15, -0.1) is 0 Å². The molecule has 0 spiro atoms. The van der Waals surface area contributed by atoms with E-state index in [1.54, 1.807) is 42.2 Å². The van der Waals surface area contributed by atoms with Crippen LogP contribution in [-0.4, -0.2) is 36.0 Å². The van der Waals surface area contributed by atoms with Gasteiger partial charge in [-0.25, -0.2) is 14.0 Å². The second kappa shape index (κ2) is 12.2. The van der Waals surface area contributed by atoms with Crippen molar-refractivity contribution < 1.29 is 23.5 Å². The van der Waals surface area contributed by atoms with Gasteiger partial charge in [0.1, 0.15) is 5.82 Å². The Labute approximate surface area is 221 Å². The fraction of sp³-hybridized carbons (Fsp3) is 0.233. The second-order valence-corrected chi connectivity index (χ2v) is 8.80. The van der Waals surface area contributed by atoms with Gasteiger partial charge in [0.25, 0.3) is 5.91 Å². The van der Waals surface area contributed by atoms with Gasteiger partial charge in [-0.05, 0) is 48.7 Å². The van der Waals surface area contributed by atoms with Crippen molar-refractivity contribution in [1.82, 2.24) is 10.2 Å². The lowest BCUT2D eigenvalue weighted by atomic mass is 9.91. The van der Waals surface area contributed by atoms with Gasteiger partial charge < -0.3 is 15.4 Å². The Hall–Kier alpha value is -4.46. The van der Waals surface area contributed by atoms with E-state index in [1.807, 2.05) is 37.3 Å². The topological polar surface area (TPSA) is 87.7 Å². The van der Waals surface area contributed by atoms with Crippen LogP contribution in [0.15, 0.2) is 84.4 Å². The third-order valence-electron chi connectivity index (χ3n) is 6.20. The molecule has 1 atom stereocenters. The Balaban J connectivity index is 1.79. The fourth-order valence-corrected chi connectivity index (χ4v) is 4.41. The van der Waals surface area contributed by atoms with Crippen molar-refractivity contribution in [3.63, 3.8) is 0 Å². The first-order chi connectivity index (χ1) is 18.4. The van der Waals surface area contributed by atoms with Crippen molar-refractivity contribution >= 4 is 29.3 Å². The molecule has 1 aliphatic rings. The highest BCUT2D eigenvalue weighted by molar-refractivity contribution is 6.06. The maximum Gasteiger partial charge on any atom is 0.338 e. The molecule has 0 aliphatic carbocycles. The molecular weight excluding hydrogens is 485 g/mol. The Morgan fingerprint density at radius 3 is 2.45 bits per heavy atom. The SMILES string of the molecule is CCCCN1C(=O)N[C@@H](c2cccc(NC(=O)c3ccccc3F)c2)C(C(=O)OCC)=C1c1ccccc1. The number of anilines is 1. The zero-order chi connectivity index (χ0) is 27.1. The first kappa shape index (κ1) is 26.6. The van der Waals surface area contributed by atoms with Gasteiger partial charge in [0, 0.05) is 12.2 Å². The largest absolute Gasteiger partial charge is 0.463 e. The second-order valence-electron chi connectivity index (χ2n) is 8.80. The summed E-state index contributed by atoms with van der Waals surface area (Å²) >= 11 is 0. The first-order valence-corrected chi connectivity index (χ1v) is 12.6. The number of esters is 1. The van der Waals surface area contributed by atoms with E-state index < -0.39 is 23.7 Å². The summed E-state index contributed by atoms with van der Waals surface area (Å²) in [5.41, 5.74) is 2.38. The monoisotopic (exact) mass is 515 g/mol. The average molecular weight is 516 g/mol. The zero-order valence-electron chi connectivity index (χ0n) is 21.4. The Morgan fingerprint density at radius 2 is 1.74 bits per heavy atom. The van der Waals surface area contributed by atoms with Gasteiger partial charge in [0.05, 0.1) is 29.5 Å². The average Bonchev–Trinajstić information content (AvgIpc) is 2.92. The normalized spacial score (nSPS) is 15.2. The maximum absolute atomic E-state index is 14.1. The molecule has 0 bridgehead atoms. The van der Waals surface area contributed by atoms with Crippen LogP contribution in [0.2, 0.25) is 0 Å². The van der Waals surface area contributed by atoms with Gasteiger partial charge >= 0.3 is 12.0 Å². The molecule has 3 aromatic rings. The molecular formula is C30H30FN3O4. The summed E-state index contributed by atoms with van der Waals surface area (Å²) in [6.45, 7) is 4.36. The molecule has 0 radical (unpaired) electrons. The summed E-state index contributed by atoms with van der Waals surface area (Å²) < 4.78 is 19.6. The number of urea groups is 1. The molecule has 3 amide bonds. The highest BCUT2D eigenvalue weighted by Crippen LogP contribution is 2.37. The van der Waals surface area contributed by atoms with Crippen molar-refractivity contribution in [3.8, 4) is 0 Å². The summed E-state index contributed by atoms with van der Waals surface area (Å²) in [7, 11) is 0. The minimum atomic E-state index is -0.833. The van der Waals surface area contributed by atoms with Crippen molar-refractivity contribution in [2.45, 2.75) is 32.7 Å². The van der Waals surface area contributed by atoms with E-state index in [0.717, 1.165) is 18.4 Å². The summed E-state index contributed by atoms with van der Waals surface area (Å²) in [4.78, 5) is 41.1. The van der Waals surface area contributed by atoms with E-state index in [0.29, 0.717) is 29.1 Å². The predicted molar refractivity (Wildman–Crippen MR) is 144 cm³/mol. The Kier molecular flexibility index (Phi) is 8.53. The third kappa shape index (κ3) is 5.75. The highest BCUT2D eigenvalue weighted by atomic mass is 19.1. The number of carbonyl (C=O) groups is 3. The van der Waals surface area contributed by atoms with E-state index in [4.69, 9.17) is 4.74 Å². The number of ether oxygens (including phenoxy) is 1. The number of carbonyl (C=O) groups excluding carboxylic acids is 3. The smallest absolute Gasteiger partial charge is 0.338 e. The number of unbranched alkanes of at least 4 members (excludes halogenated alkanes) is 1. The molecule has 4 rings (SSSR count). The van der Waals surface area contributed by atoms with E-state index in [9.17, 15) is 18.8 Å². The number of halogens is 1. The lowest BCUT2D eigenvalue weighted by molar-refractivity contribution is -0.138. The molecule has 1 heterocycles. The Bertz CT molecular complexity index is 1360. The maximum atomic E-state index is 14.1. The van der Waals surface area contributed by atoms with E-state index >= 15 is 0 Å². The molecule has 0 fully saturated rings. The van der Waals surface area contributed by atoms with E-state index in [-0.39, 0.29) is 18.2 Å². The number of rotatable bonds is 9. The molecule has 2 N–H and O–H groups in total. The lowest BCUT2D eigenvalue weighted by Gasteiger charge is -2.37. The standard InChI is InChI=1S/C30H30FN3O4/c1-3-5-18-34-27(20-12-7-6-8-13-20)25(29(36)38-4-2)26(33-30(34)37)21-14-11-15-22(19-21)32-28(35)23-16-9-10-17-24(23)31/h6-17,19,26H,3-5,18H2,1-2H3,(H,32,35)(H,33,37)/t26-/m0/s1. The van der Waals surface area contributed by atoms with Crippen LogP contribution in [0.5, 0.6) is 0 Å². The minimum Gasteiger partial charge on any atom is -0.463 e. The number of hydrogen-bond donors (Lipinski definition) is 2. The molecule has 3 aromatic carbocycles. The molecule has 8 heteroatoms. The zero-order valence-corrected chi connectivity index (χ0v) is 21.4. The van der Waals surface area contributed by atoms with Crippen LogP contribution >= 0.6 is 0 Å². The van der Waals surface area contributed by atoms with E-state index in [2.05, 4.69) is 10.6 Å². The summed E-state index contributed by atoms with van der Waals surface area (Å²) in [6, 6.07) is 20.6. The van der Waals surface area contributed by atoms with Gasteiger partial charge in [-0.3, -0.25) is 9.69 Å². The van der Waals surface area contributed by atoms with Crippen molar-refractivity contribution in [2.75, 3.05) is 18.5 Å². The van der Waals surface area contributed by atoms with Crippen LogP contribution < -0.4 is 10.6 Å². The minimum absolute atomic E-state index is 0.0890. The first-order valence-electron chi connectivity index (χ1n) is 12.6. The van der Waals surface area contributed by atoms with Gasteiger partial charge in [0.15, 0.2) is 0 Å². The fourth-order valence-electron chi connectivity index (χ4n) is 4.41.